The molecule has 0 aromatic carbocycles. The van der Waals surface area contributed by atoms with Crippen LogP contribution in [0, 0.1) is 40.4 Å². The summed E-state index contributed by atoms with van der Waals surface area (Å²) in [6.07, 6.45) is 7.93. The van der Waals surface area contributed by atoms with Gasteiger partial charge in [0.05, 0.1) is 5.41 Å². The maximum absolute atomic E-state index is 13.2. The highest BCUT2D eigenvalue weighted by atomic mass is 16.6. The van der Waals surface area contributed by atoms with Crippen molar-refractivity contribution in [3.63, 3.8) is 0 Å². The van der Waals surface area contributed by atoms with Gasteiger partial charge in [0.2, 0.25) is 0 Å². The zero-order valence-corrected chi connectivity index (χ0v) is 24.8. The first-order chi connectivity index (χ1) is 18.1. The van der Waals surface area contributed by atoms with Crippen LogP contribution >= 0.6 is 0 Å². The molecule has 0 aromatic heterocycles. The summed E-state index contributed by atoms with van der Waals surface area (Å²) in [6.45, 7) is 14.3. The number of ether oxygens (including phenoxy) is 2. The molecule has 0 amide bonds. The van der Waals surface area contributed by atoms with Crippen molar-refractivity contribution in [3.8, 4) is 0 Å². The Morgan fingerprint density at radius 1 is 1.13 bits per heavy atom. The smallest absolute Gasteiger partial charge is 0.325 e. The van der Waals surface area contributed by atoms with E-state index in [1.165, 1.54) is 0 Å². The van der Waals surface area contributed by atoms with Crippen LogP contribution in [-0.4, -0.2) is 51.6 Å². The van der Waals surface area contributed by atoms with Gasteiger partial charge in [0, 0.05) is 11.8 Å². The van der Waals surface area contributed by atoms with E-state index in [-0.39, 0.29) is 35.4 Å². The number of rotatable bonds is 7. The fourth-order valence-electron chi connectivity index (χ4n) is 8.85. The van der Waals surface area contributed by atoms with Crippen LogP contribution in [0.5, 0.6) is 0 Å². The van der Waals surface area contributed by atoms with Gasteiger partial charge in [-0.05, 0) is 87.5 Å². The number of carbonyl (C=O) groups excluding carboxylic acids is 1. The molecule has 0 aromatic rings. The number of carboxylic acids is 1. The van der Waals surface area contributed by atoms with Gasteiger partial charge in [0.25, 0.3) is 0 Å². The molecule has 0 radical (unpaired) electrons. The third-order valence-electron chi connectivity index (χ3n) is 11.6. The molecule has 4 aliphatic carbocycles. The first kappa shape index (κ1) is 28.8. The molecule has 4 fully saturated rings. The van der Waals surface area contributed by atoms with Gasteiger partial charge in [0.15, 0.2) is 0 Å². The van der Waals surface area contributed by atoms with Gasteiger partial charge in [-0.25, -0.2) is 0 Å². The van der Waals surface area contributed by atoms with Crippen molar-refractivity contribution >= 4 is 11.9 Å². The van der Waals surface area contributed by atoms with Gasteiger partial charge in [-0.15, -0.1) is 0 Å². The highest BCUT2D eigenvalue weighted by Crippen LogP contribution is 2.72. The summed E-state index contributed by atoms with van der Waals surface area (Å²) in [7, 11) is 0. The highest BCUT2D eigenvalue weighted by molar-refractivity contribution is 5.81. The van der Waals surface area contributed by atoms with Gasteiger partial charge < -0.3 is 25.4 Å². The molecular formula is C32H49NO6. The molecule has 1 aliphatic heterocycles. The largest absolute Gasteiger partial charge is 0.481 e. The molecule has 0 bridgehead atoms. The average molecular weight is 544 g/mol. The van der Waals surface area contributed by atoms with Gasteiger partial charge in [-0.2, -0.15) is 0 Å². The molecule has 10 atom stereocenters. The lowest BCUT2D eigenvalue weighted by atomic mass is 9.47. The minimum Gasteiger partial charge on any atom is -0.481 e. The van der Waals surface area contributed by atoms with Crippen LogP contribution in [0.1, 0.15) is 93.4 Å². The van der Waals surface area contributed by atoms with Crippen molar-refractivity contribution < 1.29 is 29.3 Å². The van der Waals surface area contributed by atoms with E-state index in [4.69, 9.17) is 15.2 Å². The maximum atomic E-state index is 13.2. The second-order valence-electron chi connectivity index (χ2n) is 14.6. The van der Waals surface area contributed by atoms with Crippen LogP contribution in [0.15, 0.2) is 23.3 Å². The summed E-state index contributed by atoms with van der Waals surface area (Å²) in [5.74, 6) is 0.0356. The highest BCUT2D eigenvalue weighted by Gasteiger charge is 2.78. The third kappa shape index (κ3) is 4.16. The summed E-state index contributed by atoms with van der Waals surface area (Å²) in [4.78, 5) is 25.7. The Balaban J connectivity index is 1.46. The summed E-state index contributed by atoms with van der Waals surface area (Å²) < 4.78 is 12.2. The zero-order chi connectivity index (χ0) is 28.7. The van der Waals surface area contributed by atoms with Crippen molar-refractivity contribution in [2.45, 2.75) is 123 Å². The van der Waals surface area contributed by atoms with Crippen molar-refractivity contribution in [2.24, 2.45) is 46.2 Å². The van der Waals surface area contributed by atoms with Crippen molar-refractivity contribution in [3.05, 3.63) is 23.3 Å². The Morgan fingerprint density at radius 3 is 2.44 bits per heavy atom. The Hall–Kier alpha value is -1.70. The molecule has 5 aliphatic rings. The number of allylic oxidation sites excluding steroid dienone is 2. The molecular weight excluding hydrogens is 494 g/mol. The number of aliphatic hydroxyl groups excluding tert-OH is 1. The lowest BCUT2D eigenvalue weighted by molar-refractivity contribution is -0.161. The number of hydrogen-bond donors (Lipinski definition) is 3. The van der Waals surface area contributed by atoms with Crippen molar-refractivity contribution in [1.29, 1.82) is 0 Å². The predicted octanol–water partition coefficient (Wildman–Crippen LogP) is 5.01. The Labute approximate surface area is 233 Å². The average Bonchev–Trinajstić information content (AvgIpc) is 3.45. The molecule has 1 heterocycles. The van der Waals surface area contributed by atoms with Crippen LogP contribution in [-0.2, 0) is 19.1 Å². The van der Waals surface area contributed by atoms with Crippen LogP contribution in [0.4, 0.5) is 0 Å². The molecule has 5 rings (SSSR count). The number of nitrogens with two attached hydrogens (primary N) is 1. The van der Waals surface area contributed by atoms with E-state index in [1.54, 1.807) is 13.8 Å². The van der Waals surface area contributed by atoms with Crippen molar-refractivity contribution in [1.82, 2.24) is 0 Å². The Morgan fingerprint density at radius 2 is 1.82 bits per heavy atom. The summed E-state index contributed by atoms with van der Waals surface area (Å²) in [6, 6.07) is 0. The van der Waals surface area contributed by atoms with Gasteiger partial charge >= 0.3 is 11.9 Å². The number of aliphatic carboxylic acids is 1. The normalized spacial score (nSPS) is 42.9. The van der Waals surface area contributed by atoms with Crippen LogP contribution in [0.25, 0.3) is 0 Å². The van der Waals surface area contributed by atoms with Crippen molar-refractivity contribution in [2.75, 3.05) is 0 Å². The number of epoxide rings is 1. The monoisotopic (exact) mass is 543 g/mol. The topological polar surface area (TPSA) is 122 Å². The molecule has 1 saturated heterocycles. The number of carboxylic acid groups (broad SMARTS) is 1. The molecule has 218 valence electrons. The van der Waals surface area contributed by atoms with E-state index in [0.717, 1.165) is 36.8 Å². The second-order valence-corrected chi connectivity index (χ2v) is 14.6. The quantitative estimate of drug-likeness (QED) is 0.234. The standard InChI is InChI=1S/C32H49NO6/c1-17(2)18(3)8-9-19(4)21-10-11-23-24-22(13-15-31(21,23)27(35)36)30(7)14-12-20(38-28(37)29(5,6)33)16-32(30)26(39-32)25(24)34/h8-9,17-22,25-26,34H,10-16,33H2,1-7H3,(H,35,36)/t18-,19+,20-,21+,22-,25+,26-,30+,31-,32-/m0/s1. The van der Waals surface area contributed by atoms with E-state index in [0.29, 0.717) is 31.1 Å². The van der Waals surface area contributed by atoms with E-state index >= 15 is 0 Å². The second kappa shape index (κ2) is 9.42. The third-order valence-corrected chi connectivity index (χ3v) is 11.6. The fourth-order valence-corrected chi connectivity index (χ4v) is 8.85. The minimum absolute atomic E-state index is 0.00985. The van der Waals surface area contributed by atoms with E-state index in [9.17, 15) is 19.8 Å². The van der Waals surface area contributed by atoms with E-state index < -0.39 is 34.6 Å². The fraction of sp³-hybridized carbons (Fsp3) is 0.812. The van der Waals surface area contributed by atoms with E-state index in [2.05, 4.69) is 46.8 Å². The van der Waals surface area contributed by atoms with Crippen LogP contribution in [0.3, 0.4) is 0 Å². The lowest BCUT2D eigenvalue weighted by Crippen LogP contribution is -2.59. The molecule has 1 spiro atoms. The number of fused-ring (bicyclic) bond motifs is 3. The Kier molecular flexibility index (Phi) is 6.96. The van der Waals surface area contributed by atoms with Crippen LogP contribution in [0.2, 0.25) is 0 Å². The molecule has 0 unspecified atom stereocenters. The lowest BCUT2D eigenvalue weighted by Gasteiger charge is -2.55. The van der Waals surface area contributed by atoms with Crippen LogP contribution < -0.4 is 5.73 Å². The summed E-state index contributed by atoms with van der Waals surface area (Å²) in [5, 5.41) is 22.5. The summed E-state index contributed by atoms with van der Waals surface area (Å²) in [5.41, 5.74) is 5.13. The molecule has 4 N–H and O–H groups in total. The summed E-state index contributed by atoms with van der Waals surface area (Å²) >= 11 is 0. The SMILES string of the molecule is CC(C)[C@@H](C)C=C[C@@H](C)[C@H]1CCC2=C3[C@@H](O)[C@@H]4O[C@@]45C[C@@H](OC(=O)C(C)(C)N)CC[C@]5(C)[C@H]3CC[C@@]21C(=O)O. The number of aliphatic hydroxyl groups is 1. The minimum atomic E-state index is -1.06. The molecule has 3 saturated carbocycles. The van der Waals surface area contributed by atoms with Gasteiger partial charge in [-0.1, -0.05) is 52.3 Å². The van der Waals surface area contributed by atoms with Gasteiger partial charge in [-0.3, -0.25) is 9.59 Å². The van der Waals surface area contributed by atoms with E-state index in [1.807, 2.05) is 0 Å². The predicted molar refractivity (Wildman–Crippen MR) is 149 cm³/mol. The number of esters is 1. The molecule has 7 nitrogen and oxygen atoms in total. The molecule has 7 heteroatoms. The first-order valence-electron chi connectivity index (χ1n) is 15.1. The zero-order valence-electron chi connectivity index (χ0n) is 24.8. The first-order valence-corrected chi connectivity index (χ1v) is 15.1. The maximum Gasteiger partial charge on any atom is 0.325 e. The molecule has 39 heavy (non-hydrogen) atoms. The van der Waals surface area contributed by atoms with Gasteiger partial charge in [0.1, 0.15) is 29.5 Å². The number of carbonyl (C=O) groups is 2. The number of hydrogen-bond acceptors (Lipinski definition) is 6. The Bertz CT molecular complexity index is 1090.